The van der Waals surface area contributed by atoms with Crippen LogP contribution >= 0.6 is 0 Å². The molecule has 1 N–H and O–H groups in total. The number of piperazine rings is 1. The molecule has 2 aromatic heterocycles. The largest absolute Gasteiger partial charge is 0.352 e. The third-order valence-corrected chi connectivity index (χ3v) is 4.00. The summed E-state index contributed by atoms with van der Waals surface area (Å²) in [5, 5.41) is 16.1. The van der Waals surface area contributed by atoms with Gasteiger partial charge in [-0.15, -0.1) is 0 Å². The first-order valence-corrected chi connectivity index (χ1v) is 7.66. The molecular formula is C16H18N6O. The fourth-order valence-electron chi connectivity index (χ4n) is 2.67. The summed E-state index contributed by atoms with van der Waals surface area (Å²) in [4.78, 5) is 20.6. The second kappa shape index (κ2) is 6.48. The van der Waals surface area contributed by atoms with E-state index in [4.69, 9.17) is 0 Å². The van der Waals surface area contributed by atoms with Gasteiger partial charge in [-0.25, -0.2) is 4.98 Å². The van der Waals surface area contributed by atoms with Crippen LogP contribution in [0.3, 0.4) is 0 Å². The Balaban J connectivity index is 1.66. The Hall–Kier alpha value is -2.88. The molecule has 7 nitrogen and oxygen atoms in total. The molecule has 118 valence electrons. The molecule has 0 aliphatic carbocycles. The van der Waals surface area contributed by atoms with Crippen molar-refractivity contribution in [3.8, 4) is 6.07 Å². The Morgan fingerprint density at radius 2 is 2.17 bits per heavy atom. The van der Waals surface area contributed by atoms with Gasteiger partial charge in [0.15, 0.2) is 0 Å². The Bertz CT molecular complexity index is 739. The number of aryl methyl sites for hydroxylation is 1. The third kappa shape index (κ3) is 3.01. The minimum atomic E-state index is -0.0536. The topological polar surface area (TPSA) is 88.9 Å². The van der Waals surface area contributed by atoms with Crippen molar-refractivity contribution in [3.05, 3.63) is 41.3 Å². The molecule has 1 amide bonds. The van der Waals surface area contributed by atoms with E-state index in [9.17, 15) is 10.1 Å². The van der Waals surface area contributed by atoms with Crippen molar-refractivity contribution in [2.24, 2.45) is 0 Å². The molecule has 3 rings (SSSR count). The second-order valence-corrected chi connectivity index (χ2v) is 5.40. The number of hydrogen-bond acceptors (Lipinski definition) is 5. The normalized spacial score (nSPS) is 14.6. The monoisotopic (exact) mass is 310 g/mol. The number of H-pyrrole nitrogens is 1. The fourth-order valence-corrected chi connectivity index (χ4v) is 2.67. The predicted octanol–water partition coefficient (Wildman–Crippen LogP) is 1.20. The summed E-state index contributed by atoms with van der Waals surface area (Å²) < 4.78 is 0. The summed E-state index contributed by atoms with van der Waals surface area (Å²) in [6, 6.07) is 7.48. The lowest BCUT2D eigenvalue weighted by Gasteiger charge is -2.35. The number of nitriles is 1. The standard InChI is InChI=1S/C16H18N6O/c1-2-13-10-14(20-19-13)16(23)22-8-6-21(7-9-22)15-12(11-17)4-3-5-18-15/h3-5,10H,2,6-9H2,1H3,(H,19,20). The van der Waals surface area contributed by atoms with Crippen LogP contribution in [0.2, 0.25) is 0 Å². The summed E-state index contributed by atoms with van der Waals surface area (Å²) in [5.74, 6) is 0.636. The Morgan fingerprint density at radius 1 is 1.39 bits per heavy atom. The van der Waals surface area contributed by atoms with Gasteiger partial charge >= 0.3 is 0 Å². The number of amides is 1. The highest BCUT2D eigenvalue weighted by Crippen LogP contribution is 2.18. The molecule has 3 heterocycles. The van der Waals surface area contributed by atoms with Gasteiger partial charge in [-0.2, -0.15) is 10.4 Å². The van der Waals surface area contributed by atoms with Gasteiger partial charge in [0.05, 0.1) is 5.56 Å². The molecule has 0 aromatic carbocycles. The summed E-state index contributed by atoms with van der Waals surface area (Å²) in [6.07, 6.45) is 2.51. The van der Waals surface area contributed by atoms with Crippen LogP contribution in [-0.4, -0.2) is 52.2 Å². The van der Waals surface area contributed by atoms with Crippen LogP contribution in [0.5, 0.6) is 0 Å². The summed E-state index contributed by atoms with van der Waals surface area (Å²) in [5.41, 5.74) is 1.98. The van der Waals surface area contributed by atoms with Gasteiger partial charge in [0, 0.05) is 38.1 Å². The molecule has 0 saturated carbocycles. The average Bonchev–Trinajstić information content (AvgIpc) is 3.10. The third-order valence-electron chi connectivity index (χ3n) is 4.00. The number of nitrogens with zero attached hydrogens (tertiary/aromatic N) is 5. The zero-order chi connectivity index (χ0) is 16.2. The summed E-state index contributed by atoms with van der Waals surface area (Å²) in [7, 11) is 0. The van der Waals surface area contributed by atoms with Crippen molar-refractivity contribution < 1.29 is 4.79 Å². The minimum absolute atomic E-state index is 0.0536. The molecule has 0 bridgehead atoms. The molecule has 0 spiro atoms. The van der Waals surface area contributed by atoms with Gasteiger partial charge in [0.1, 0.15) is 17.6 Å². The number of aromatic nitrogens is 3. The van der Waals surface area contributed by atoms with Gasteiger partial charge in [-0.3, -0.25) is 9.89 Å². The van der Waals surface area contributed by atoms with Crippen LogP contribution in [0.1, 0.15) is 28.7 Å². The van der Waals surface area contributed by atoms with E-state index in [0.29, 0.717) is 43.3 Å². The lowest BCUT2D eigenvalue weighted by Crippen LogP contribution is -2.49. The van der Waals surface area contributed by atoms with E-state index >= 15 is 0 Å². The first kappa shape index (κ1) is 15.0. The molecule has 0 atom stereocenters. The van der Waals surface area contributed by atoms with Crippen molar-refractivity contribution in [1.82, 2.24) is 20.1 Å². The zero-order valence-corrected chi connectivity index (χ0v) is 13.0. The maximum absolute atomic E-state index is 12.5. The van der Waals surface area contributed by atoms with Crippen LogP contribution in [0.15, 0.2) is 24.4 Å². The lowest BCUT2D eigenvalue weighted by molar-refractivity contribution is 0.0740. The highest BCUT2D eigenvalue weighted by molar-refractivity contribution is 5.92. The van der Waals surface area contributed by atoms with E-state index in [1.54, 1.807) is 29.3 Å². The molecule has 1 fully saturated rings. The Labute approximate surface area is 134 Å². The van der Waals surface area contributed by atoms with Gasteiger partial charge in [-0.1, -0.05) is 6.92 Å². The number of nitrogens with one attached hydrogen (secondary N) is 1. The molecule has 7 heteroatoms. The molecule has 2 aromatic rings. The number of carbonyl (C=O) groups excluding carboxylic acids is 1. The van der Waals surface area contributed by atoms with Crippen molar-refractivity contribution in [1.29, 1.82) is 5.26 Å². The quantitative estimate of drug-likeness (QED) is 0.920. The Kier molecular flexibility index (Phi) is 4.24. The highest BCUT2D eigenvalue weighted by Gasteiger charge is 2.25. The zero-order valence-electron chi connectivity index (χ0n) is 13.0. The van der Waals surface area contributed by atoms with Gasteiger partial charge in [0.25, 0.3) is 5.91 Å². The molecule has 0 unspecified atom stereocenters. The van der Waals surface area contributed by atoms with Crippen LogP contribution in [-0.2, 0) is 6.42 Å². The number of rotatable bonds is 3. The van der Waals surface area contributed by atoms with Gasteiger partial charge < -0.3 is 9.80 Å². The maximum Gasteiger partial charge on any atom is 0.274 e. The van der Waals surface area contributed by atoms with E-state index in [0.717, 1.165) is 12.1 Å². The van der Waals surface area contributed by atoms with E-state index < -0.39 is 0 Å². The van der Waals surface area contributed by atoms with E-state index in [-0.39, 0.29) is 5.91 Å². The summed E-state index contributed by atoms with van der Waals surface area (Å²) >= 11 is 0. The van der Waals surface area contributed by atoms with Crippen LogP contribution in [0.4, 0.5) is 5.82 Å². The van der Waals surface area contributed by atoms with E-state index in [1.807, 2.05) is 11.8 Å². The smallest absolute Gasteiger partial charge is 0.274 e. The Morgan fingerprint density at radius 3 is 2.83 bits per heavy atom. The molecule has 1 saturated heterocycles. The highest BCUT2D eigenvalue weighted by atomic mass is 16.2. The molecule has 1 aliphatic heterocycles. The number of carbonyl (C=O) groups is 1. The molecule has 23 heavy (non-hydrogen) atoms. The van der Waals surface area contributed by atoms with Crippen molar-refractivity contribution in [3.63, 3.8) is 0 Å². The van der Waals surface area contributed by atoms with Crippen LogP contribution in [0.25, 0.3) is 0 Å². The fraction of sp³-hybridized carbons (Fsp3) is 0.375. The minimum Gasteiger partial charge on any atom is -0.352 e. The lowest BCUT2D eigenvalue weighted by atomic mass is 10.2. The van der Waals surface area contributed by atoms with Gasteiger partial charge in [0.2, 0.25) is 0 Å². The summed E-state index contributed by atoms with van der Waals surface area (Å²) in [6.45, 7) is 4.51. The van der Waals surface area contributed by atoms with E-state index in [1.165, 1.54) is 0 Å². The van der Waals surface area contributed by atoms with Crippen molar-refractivity contribution in [2.75, 3.05) is 31.1 Å². The molecule has 0 radical (unpaired) electrons. The van der Waals surface area contributed by atoms with E-state index in [2.05, 4.69) is 21.3 Å². The number of pyridine rings is 1. The maximum atomic E-state index is 12.5. The second-order valence-electron chi connectivity index (χ2n) is 5.40. The van der Waals surface area contributed by atoms with Gasteiger partial charge in [-0.05, 0) is 24.6 Å². The molecular weight excluding hydrogens is 292 g/mol. The van der Waals surface area contributed by atoms with Crippen LogP contribution in [0, 0.1) is 11.3 Å². The SMILES string of the molecule is CCc1cc(C(=O)N2CCN(c3ncccc3C#N)CC2)n[nH]1. The number of anilines is 1. The number of aromatic amines is 1. The number of hydrogen-bond donors (Lipinski definition) is 1. The first-order chi connectivity index (χ1) is 11.2. The van der Waals surface area contributed by atoms with Crippen LogP contribution < -0.4 is 4.90 Å². The average molecular weight is 310 g/mol. The van der Waals surface area contributed by atoms with Crippen molar-refractivity contribution >= 4 is 11.7 Å². The predicted molar refractivity (Wildman–Crippen MR) is 85.0 cm³/mol. The molecule has 1 aliphatic rings. The van der Waals surface area contributed by atoms with Crippen molar-refractivity contribution in [2.45, 2.75) is 13.3 Å². The first-order valence-electron chi connectivity index (χ1n) is 7.66.